The van der Waals surface area contributed by atoms with E-state index in [1.54, 1.807) is 24.3 Å². The molecule has 1 N–H and O–H groups in total. The summed E-state index contributed by atoms with van der Waals surface area (Å²) in [4.78, 5) is 0. The van der Waals surface area contributed by atoms with Crippen LogP contribution in [0.3, 0.4) is 0 Å². The van der Waals surface area contributed by atoms with Crippen LogP contribution in [0.15, 0.2) is 91.0 Å². The molecule has 1 atom stereocenters. The van der Waals surface area contributed by atoms with Crippen molar-refractivity contribution in [2.75, 3.05) is 0 Å². The Morgan fingerprint density at radius 1 is 0.474 bits per heavy atom. The summed E-state index contributed by atoms with van der Waals surface area (Å²) in [6.45, 7) is 4.38. The predicted molar refractivity (Wildman–Crippen MR) is 165 cm³/mol. The first-order valence-corrected chi connectivity index (χ1v) is 15.2. The fraction of sp³-hybridized carbons (Fsp3) is 0.500. The minimum Gasteiger partial charge on any atom is -0.508 e. The standard InChI is InChI=1S/C18H37O.C12H10.C6H6O/c1-3-5-6-7-8-9-10-11-12-13-14-15-17-18(19)16-4-2;1-3-7-11(8-4-1)12-9-5-2-6-10-12;7-6-4-2-1-3-5-6/h18H,3-17H2,1-2H3;1-10H;1-5,7H. The van der Waals surface area contributed by atoms with E-state index >= 15 is 0 Å². The smallest absolute Gasteiger partial charge is 0.115 e. The second-order valence-electron chi connectivity index (χ2n) is 10.2. The van der Waals surface area contributed by atoms with Gasteiger partial charge in [0, 0.05) is 0 Å². The minimum atomic E-state index is -0.284. The third kappa shape index (κ3) is 19.5. The van der Waals surface area contributed by atoms with E-state index in [-0.39, 0.29) is 6.10 Å². The Kier molecular flexibility index (Phi) is 21.8. The Balaban J connectivity index is 0.000000318. The summed E-state index contributed by atoms with van der Waals surface area (Å²) in [6, 6.07) is 29.5. The number of unbranched alkanes of at least 4 members (excludes halogenated alkanes) is 11. The molecule has 0 aliphatic carbocycles. The number of aromatic hydroxyl groups is 1. The van der Waals surface area contributed by atoms with Crippen molar-refractivity contribution in [1.82, 2.24) is 0 Å². The van der Waals surface area contributed by atoms with Crippen LogP contribution in [0.2, 0.25) is 0 Å². The highest BCUT2D eigenvalue weighted by molar-refractivity contribution is 5.62. The lowest BCUT2D eigenvalue weighted by molar-refractivity contribution is 0.0706. The highest BCUT2D eigenvalue weighted by Crippen LogP contribution is 2.17. The van der Waals surface area contributed by atoms with E-state index in [2.05, 4.69) is 62.4 Å². The zero-order chi connectivity index (χ0) is 27.5. The quantitative estimate of drug-likeness (QED) is 0.189. The van der Waals surface area contributed by atoms with Crippen LogP contribution >= 0.6 is 0 Å². The molecule has 3 aromatic rings. The van der Waals surface area contributed by atoms with Crippen LogP contribution in [0.25, 0.3) is 11.1 Å². The van der Waals surface area contributed by atoms with Crippen LogP contribution in [-0.2, 0) is 5.11 Å². The van der Waals surface area contributed by atoms with Gasteiger partial charge in [-0.3, -0.25) is 0 Å². The van der Waals surface area contributed by atoms with E-state index in [1.165, 1.54) is 81.8 Å². The van der Waals surface area contributed by atoms with Crippen LogP contribution < -0.4 is 0 Å². The lowest BCUT2D eigenvalue weighted by Gasteiger charge is -2.06. The van der Waals surface area contributed by atoms with E-state index in [1.807, 2.05) is 18.2 Å². The van der Waals surface area contributed by atoms with Gasteiger partial charge in [0.25, 0.3) is 0 Å². The first kappa shape index (κ1) is 33.4. The molecule has 0 fully saturated rings. The van der Waals surface area contributed by atoms with Crippen LogP contribution in [0.5, 0.6) is 5.75 Å². The van der Waals surface area contributed by atoms with Crippen molar-refractivity contribution in [3.63, 3.8) is 0 Å². The summed E-state index contributed by atoms with van der Waals surface area (Å²) in [7, 11) is 0. The Bertz CT molecular complexity index is 811. The molecule has 2 nitrogen and oxygen atoms in total. The highest BCUT2D eigenvalue weighted by Gasteiger charge is 2.03. The van der Waals surface area contributed by atoms with Gasteiger partial charge in [0.05, 0.1) is 6.10 Å². The van der Waals surface area contributed by atoms with Crippen molar-refractivity contribution in [2.24, 2.45) is 0 Å². The molecule has 0 spiro atoms. The van der Waals surface area contributed by atoms with Gasteiger partial charge in [0.1, 0.15) is 5.75 Å². The maximum Gasteiger partial charge on any atom is 0.115 e. The fourth-order valence-electron chi connectivity index (χ4n) is 4.37. The molecule has 3 aromatic carbocycles. The number of benzene rings is 3. The van der Waals surface area contributed by atoms with Crippen molar-refractivity contribution in [3.8, 4) is 16.9 Å². The first-order valence-electron chi connectivity index (χ1n) is 15.2. The molecule has 0 saturated carbocycles. The van der Waals surface area contributed by atoms with E-state index in [9.17, 15) is 5.11 Å². The molecule has 1 radical (unpaired) electrons. The van der Waals surface area contributed by atoms with Gasteiger partial charge < -0.3 is 5.11 Å². The second kappa shape index (κ2) is 24.7. The van der Waals surface area contributed by atoms with Gasteiger partial charge in [-0.2, -0.15) is 0 Å². The van der Waals surface area contributed by atoms with E-state index < -0.39 is 0 Å². The molecule has 38 heavy (non-hydrogen) atoms. The molecule has 209 valence electrons. The fourth-order valence-corrected chi connectivity index (χ4v) is 4.37. The molecule has 0 bridgehead atoms. The van der Waals surface area contributed by atoms with Crippen molar-refractivity contribution < 1.29 is 10.2 Å². The molecular formula is C36H53O2. The molecule has 0 aliphatic rings. The number of phenols is 1. The summed E-state index contributed by atoms with van der Waals surface area (Å²) >= 11 is 0. The molecule has 2 heteroatoms. The summed E-state index contributed by atoms with van der Waals surface area (Å²) in [5, 5.41) is 20.0. The Hall–Kier alpha value is -2.58. The topological polar surface area (TPSA) is 40.1 Å². The lowest BCUT2D eigenvalue weighted by atomic mass is 10.0. The van der Waals surface area contributed by atoms with Gasteiger partial charge in [0.2, 0.25) is 0 Å². The lowest BCUT2D eigenvalue weighted by Crippen LogP contribution is -2.02. The molecule has 0 amide bonds. The number of phenolic OH excluding ortho intramolecular Hbond substituents is 1. The van der Waals surface area contributed by atoms with Gasteiger partial charge in [-0.15, -0.1) is 0 Å². The van der Waals surface area contributed by atoms with Crippen molar-refractivity contribution in [2.45, 2.75) is 116 Å². The molecule has 0 aliphatic heterocycles. The maximum absolute atomic E-state index is 11.4. The Morgan fingerprint density at radius 3 is 1.18 bits per heavy atom. The molecule has 0 heterocycles. The first-order chi connectivity index (χ1) is 18.7. The van der Waals surface area contributed by atoms with Crippen LogP contribution in [-0.4, -0.2) is 11.2 Å². The van der Waals surface area contributed by atoms with Gasteiger partial charge in [-0.1, -0.05) is 176 Å². The van der Waals surface area contributed by atoms with Crippen LogP contribution in [0.1, 0.15) is 110 Å². The van der Waals surface area contributed by atoms with Crippen LogP contribution in [0.4, 0.5) is 0 Å². The summed E-state index contributed by atoms with van der Waals surface area (Å²) in [6.07, 6.45) is 19.0. The van der Waals surface area contributed by atoms with Crippen LogP contribution in [0, 0.1) is 0 Å². The Morgan fingerprint density at radius 2 is 0.842 bits per heavy atom. The van der Waals surface area contributed by atoms with Gasteiger partial charge in [0.15, 0.2) is 0 Å². The normalized spacial score (nSPS) is 11.0. The van der Waals surface area contributed by atoms with Gasteiger partial charge >= 0.3 is 0 Å². The van der Waals surface area contributed by atoms with E-state index in [4.69, 9.17) is 5.11 Å². The predicted octanol–water partition coefficient (Wildman–Crippen LogP) is 11.4. The summed E-state index contributed by atoms with van der Waals surface area (Å²) in [5.41, 5.74) is 2.55. The Labute approximate surface area is 234 Å². The zero-order valence-electron chi connectivity index (χ0n) is 24.2. The number of hydrogen-bond acceptors (Lipinski definition) is 1. The molecular weight excluding hydrogens is 464 g/mol. The number of para-hydroxylation sites is 1. The molecule has 3 rings (SSSR count). The third-order valence-electron chi connectivity index (χ3n) is 6.63. The average Bonchev–Trinajstić information content (AvgIpc) is 2.96. The summed E-state index contributed by atoms with van der Waals surface area (Å²) in [5.74, 6) is 0.322. The third-order valence-corrected chi connectivity index (χ3v) is 6.63. The van der Waals surface area contributed by atoms with E-state index in [0.717, 1.165) is 25.7 Å². The second-order valence-corrected chi connectivity index (χ2v) is 10.2. The summed E-state index contributed by atoms with van der Waals surface area (Å²) < 4.78 is 0. The van der Waals surface area contributed by atoms with Crippen molar-refractivity contribution >= 4 is 0 Å². The molecule has 0 aromatic heterocycles. The molecule has 0 saturated heterocycles. The average molecular weight is 518 g/mol. The largest absolute Gasteiger partial charge is 0.508 e. The number of rotatable bonds is 16. The molecule has 1 unspecified atom stereocenters. The monoisotopic (exact) mass is 517 g/mol. The van der Waals surface area contributed by atoms with Crippen molar-refractivity contribution in [1.29, 1.82) is 0 Å². The zero-order valence-corrected chi connectivity index (χ0v) is 24.2. The SMILES string of the molecule is CCCCCCCCCCCCCCC([O])CCC.Oc1ccccc1.c1ccc(-c2ccccc2)cc1. The van der Waals surface area contributed by atoms with Gasteiger partial charge in [-0.05, 0) is 36.1 Å². The number of hydrogen-bond donors (Lipinski definition) is 1. The van der Waals surface area contributed by atoms with Crippen molar-refractivity contribution in [3.05, 3.63) is 91.0 Å². The highest BCUT2D eigenvalue weighted by atomic mass is 16.3. The maximum atomic E-state index is 11.4. The van der Waals surface area contributed by atoms with Gasteiger partial charge in [-0.25, -0.2) is 5.11 Å². The van der Waals surface area contributed by atoms with E-state index in [0.29, 0.717) is 5.75 Å². The minimum absolute atomic E-state index is 0.284.